The summed E-state index contributed by atoms with van der Waals surface area (Å²) < 4.78 is 0.706. The molecule has 0 unspecified atom stereocenters. The molecule has 4 heteroatoms. The summed E-state index contributed by atoms with van der Waals surface area (Å²) in [5.74, 6) is 0.0191. The number of halogens is 1. The van der Waals surface area contributed by atoms with Crippen LogP contribution in [-0.4, -0.2) is 12.5 Å². The summed E-state index contributed by atoms with van der Waals surface area (Å²) in [5, 5.41) is 2.82. The highest BCUT2D eigenvalue weighted by Crippen LogP contribution is 2.28. The number of hydrogen-bond donors (Lipinski definition) is 1. The molecule has 0 aliphatic carbocycles. The van der Waals surface area contributed by atoms with E-state index >= 15 is 0 Å². The zero-order valence-corrected chi connectivity index (χ0v) is 7.97. The van der Waals surface area contributed by atoms with Crippen LogP contribution in [0.4, 0.5) is 0 Å². The van der Waals surface area contributed by atoms with Crippen LogP contribution in [0.25, 0.3) is 0 Å². The average molecular weight is 202 g/mol. The number of rotatable bonds is 0. The van der Waals surface area contributed by atoms with Gasteiger partial charge in [-0.25, -0.2) is 0 Å². The van der Waals surface area contributed by atoms with E-state index in [-0.39, 0.29) is 5.91 Å². The first kappa shape index (κ1) is 8.08. The number of thiophene rings is 1. The Kier molecular flexibility index (Phi) is 2.07. The van der Waals surface area contributed by atoms with Crippen molar-refractivity contribution >= 4 is 28.8 Å². The van der Waals surface area contributed by atoms with Crippen molar-refractivity contribution in [1.82, 2.24) is 5.32 Å². The molecule has 0 spiro atoms. The van der Waals surface area contributed by atoms with E-state index in [0.29, 0.717) is 4.34 Å². The van der Waals surface area contributed by atoms with Crippen molar-refractivity contribution in [3.63, 3.8) is 0 Å². The summed E-state index contributed by atoms with van der Waals surface area (Å²) in [7, 11) is 0. The second-order valence-corrected chi connectivity index (χ2v) is 4.51. The highest BCUT2D eigenvalue weighted by Gasteiger charge is 2.17. The van der Waals surface area contributed by atoms with Gasteiger partial charge in [0.05, 0.1) is 9.90 Å². The first-order valence-corrected chi connectivity index (χ1v) is 5.03. The van der Waals surface area contributed by atoms with Gasteiger partial charge >= 0.3 is 0 Å². The van der Waals surface area contributed by atoms with Crippen LogP contribution in [0.2, 0.25) is 4.34 Å². The molecule has 0 bridgehead atoms. The molecule has 1 aromatic rings. The van der Waals surface area contributed by atoms with E-state index < -0.39 is 0 Å². The Balaban J connectivity index is 2.44. The lowest BCUT2D eigenvalue weighted by Crippen LogP contribution is -2.22. The zero-order valence-electron chi connectivity index (χ0n) is 6.39. The van der Waals surface area contributed by atoms with Crippen molar-refractivity contribution in [3.05, 3.63) is 20.8 Å². The van der Waals surface area contributed by atoms with Crippen LogP contribution in [0.3, 0.4) is 0 Å². The van der Waals surface area contributed by atoms with Crippen LogP contribution in [0.15, 0.2) is 6.07 Å². The molecule has 1 aromatic heterocycles. The van der Waals surface area contributed by atoms with Crippen molar-refractivity contribution in [2.45, 2.75) is 12.8 Å². The SMILES string of the molecule is O=C1NCCCc2sc(Cl)cc21. The molecule has 1 N–H and O–H groups in total. The minimum atomic E-state index is 0.0191. The Morgan fingerprint density at radius 1 is 1.58 bits per heavy atom. The minimum Gasteiger partial charge on any atom is -0.352 e. The van der Waals surface area contributed by atoms with Gasteiger partial charge in [0.1, 0.15) is 0 Å². The third-order valence-electron chi connectivity index (χ3n) is 1.89. The van der Waals surface area contributed by atoms with Gasteiger partial charge in [0, 0.05) is 11.4 Å². The van der Waals surface area contributed by atoms with Crippen molar-refractivity contribution in [2.75, 3.05) is 6.54 Å². The fourth-order valence-electron chi connectivity index (χ4n) is 1.32. The number of fused-ring (bicyclic) bond motifs is 1. The molecule has 1 amide bonds. The lowest BCUT2D eigenvalue weighted by atomic mass is 10.2. The van der Waals surface area contributed by atoms with Crippen LogP contribution in [0.5, 0.6) is 0 Å². The summed E-state index contributed by atoms with van der Waals surface area (Å²) in [6, 6.07) is 1.75. The Labute approximate surface area is 79.5 Å². The third kappa shape index (κ3) is 1.34. The van der Waals surface area contributed by atoms with Gasteiger partial charge in [-0.3, -0.25) is 4.79 Å². The molecule has 2 heterocycles. The van der Waals surface area contributed by atoms with Crippen molar-refractivity contribution < 1.29 is 4.79 Å². The molecule has 0 fully saturated rings. The molecular weight excluding hydrogens is 194 g/mol. The first-order valence-electron chi connectivity index (χ1n) is 3.84. The van der Waals surface area contributed by atoms with E-state index in [1.54, 1.807) is 6.07 Å². The maximum atomic E-state index is 11.4. The molecule has 0 aromatic carbocycles. The second-order valence-electron chi connectivity index (χ2n) is 2.75. The number of hydrogen-bond acceptors (Lipinski definition) is 2. The fraction of sp³-hybridized carbons (Fsp3) is 0.375. The lowest BCUT2D eigenvalue weighted by Gasteiger charge is -1.96. The highest BCUT2D eigenvalue weighted by atomic mass is 35.5. The van der Waals surface area contributed by atoms with Gasteiger partial charge in [-0.1, -0.05) is 11.6 Å². The largest absolute Gasteiger partial charge is 0.352 e. The van der Waals surface area contributed by atoms with E-state index in [2.05, 4.69) is 5.32 Å². The molecule has 0 radical (unpaired) electrons. The molecule has 1 aliphatic rings. The predicted octanol–water partition coefficient (Wildman–Crippen LogP) is 2.08. The van der Waals surface area contributed by atoms with Crippen molar-refractivity contribution in [3.8, 4) is 0 Å². The van der Waals surface area contributed by atoms with Crippen LogP contribution in [-0.2, 0) is 6.42 Å². The average Bonchev–Trinajstić information content (AvgIpc) is 2.33. The first-order chi connectivity index (χ1) is 5.77. The maximum absolute atomic E-state index is 11.4. The maximum Gasteiger partial charge on any atom is 0.252 e. The topological polar surface area (TPSA) is 29.1 Å². The fourth-order valence-corrected chi connectivity index (χ4v) is 2.63. The molecule has 0 saturated carbocycles. The Morgan fingerprint density at radius 3 is 3.25 bits per heavy atom. The number of nitrogens with one attached hydrogen (secondary N) is 1. The summed E-state index contributed by atoms with van der Waals surface area (Å²) in [6.45, 7) is 0.776. The monoisotopic (exact) mass is 201 g/mol. The molecule has 12 heavy (non-hydrogen) atoms. The van der Waals surface area contributed by atoms with Crippen LogP contribution >= 0.6 is 22.9 Å². The van der Waals surface area contributed by atoms with Gasteiger partial charge in [-0.15, -0.1) is 11.3 Å². The normalized spacial score (nSPS) is 16.6. The van der Waals surface area contributed by atoms with Gasteiger partial charge in [0.2, 0.25) is 0 Å². The van der Waals surface area contributed by atoms with E-state index in [1.807, 2.05) is 0 Å². The van der Waals surface area contributed by atoms with Gasteiger partial charge in [-0.05, 0) is 18.9 Å². The van der Waals surface area contributed by atoms with Crippen LogP contribution in [0.1, 0.15) is 21.7 Å². The van der Waals surface area contributed by atoms with Crippen LogP contribution < -0.4 is 5.32 Å². The van der Waals surface area contributed by atoms with Gasteiger partial charge < -0.3 is 5.32 Å². The highest BCUT2D eigenvalue weighted by molar-refractivity contribution is 7.16. The Morgan fingerprint density at radius 2 is 2.42 bits per heavy atom. The standard InChI is InChI=1S/C8H8ClNOS/c9-7-4-5-6(12-7)2-1-3-10-8(5)11/h4H,1-3H2,(H,10,11). The molecular formula is C8H8ClNOS. The molecule has 2 nitrogen and oxygen atoms in total. The predicted molar refractivity (Wildman–Crippen MR) is 50.0 cm³/mol. The molecule has 1 aliphatic heterocycles. The van der Waals surface area contributed by atoms with E-state index in [9.17, 15) is 4.79 Å². The summed E-state index contributed by atoms with van der Waals surface area (Å²) in [4.78, 5) is 12.5. The van der Waals surface area contributed by atoms with Gasteiger partial charge in [0.15, 0.2) is 0 Å². The van der Waals surface area contributed by atoms with Gasteiger partial charge in [0.25, 0.3) is 5.91 Å². The molecule has 64 valence electrons. The summed E-state index contributed by atoms with van der Waals surface area (Å²) in [6.07, 6.45) is 1.97. The molecule has 2 rings (SSSR count). The van der Waals surface area contributed by atoms with Crippen molar-refractivity contribution in [1.29, 1.82) is 0 Å². The van der Waals surface area contributed by atoms with E-state index in [1.165, 1.54) is 11.3 Å². The smallest absolute Gasteiger partial charge is 0.252 e. The summed E-state index contributed by atoms with van der Waals surface area (Å²) in [5.41, 5.74) is 0.766. The molecule has 0 atom stereocenters. The number of amides is 1. The van der Waals surface area contributed by atoms with Crippen molar-refractivity contribution in [2.24, 2.45) is 0 Å². The zero-order chi connectivity index (χ0) is 8.55. The number of carbonyl (C=O) groups is 1. The Hall–Kier alpha value is -0.540. The number of aryl methyl sites for hydroxylation is 1. The lowest BCUT2D eigenvalue weighted by molar-refractivity contribution is 0.0956. The molecule has 0 saturated heterocycles. The third-order valence-corrected chi connectivity index (χ3v) is 3.21. The van der Waals surface area contributed by atoms with Gasteiger partial charge in [-0.2, -0.15) is 0 Å². The van der Waals surface area contributed by atoms with E-state index in [4.69, 9.17) is 11.6 Å². The minimum absolute atomic E-state index is 0.0191. The van der Waals surface area contributed by atoms with E-state index in [0.717, 1.165) is 29.8 Å². The quantitative estimate of drug-likeness (QED) is 0.684. The second kappa shape index (κ2) is 3.07. The number of carbonyl (C=O) groups excluding carboxylic acids is 1. The Bertz CT molecular complexity index is 321. The van der Waals surface area contributed by atoms with Crippen LogP contribution in [0, 0.1) is 0 Å². The summed E-state index contributed by atoms with van der Waals surface area (Å²) >= 11 is 7.32.